The Labute approximate surface area is 170 Å². The number of esters is 1. The number of carbonyl (C=O) groups excluding carboxylic acids is 1. The summed E-state index contributed by atoms with van der Waals surface area (Å²) in [7, 11) is 0. The van der Waals surface area contributed by atoms with E-state index in [0.717, 1.165) is 0 Å². The summed E-state index contributed by atoms with van der Waals surface area (Å²) in [5.74, 6) is -3.56. The molecule has 6 rings (SSSR count). The zero-order valence-electron chi connectivity index (χ0n) is 17.3. The fourth-order valence-electron chi connectivity index (χ4n) is 8.43. The van der Waals surface area contributed by atoms with Gasteiger partial charge < -0.3 is 29.9 Å². The SMILES string of the molecule is C=C1[C@@H]2C[C@H](OC(C)=O)[C@H]3[C@@]45CO[C@](O)([C@@H](O)[C@@H]4C(C)(C)CC[C@@H]5O)[C@]3(C2)[C@H]1O. The number of fused-ring (bicyclic) bond motifs is 2. The first kappa shape index (κ1) is 19.9. The van der Waals surface area contributed by atoms with Crippen molar-refractivity contribution in [2.24, 2.45) is 34.0 Å². The van der Waals surface area contributed by atoms with Gasteiger partial charge >= 0.3 is 5.97 Å². The van der Waals surface area contributed by atoms with Crippen molar-refractivity contribution in [3.63, 3.8) is 0 Å². The van der Waals surface area contributed by atoms with E-state index in [1.165, 1.54) is 6.92 Å². The summed E-state index contributed by atoms with van der Waals surface area (Å²) in [6.07, 6.45) is -1.64. The first-order valence-corrected chi connectivity index (χ1v) is 10.7. The maximum Gasteiger partial charge on any atom is 0.302 e. The van der Waals surface area contributed by atoms with Crippen molar-refractivity contribution in [1.29, 1.82) is 0 Å². The minimum absolute atomic E-state index is 0.0594. The van der Waals surface area contributed by atoms with Crippen LogP contribution in [0.2, 0.25) is 0 Å². The van der Waals surface area contributed by atoms with Gasteiger partial charge in [0.2, 0.25) is 5.79 Å². The fourth-order valence-corrected chi connectivity index (χ4v) is 8.43. The van der Waals surface area contributed by atoms with Gasteiger partial charge in [0.1, 0.15) is 12.2 Å². The molecule has 2 heterocycles. The molecule has 0 aromatic carbocycles. The van der Waals surface area contributed by atoms with Gasteiger partial charge in [0.05, 0.1) is 24.2 Å². The molecular formula is C22H32O7. The van der Waals surface area contributed by atoms with Gasteiger partial charge in [0.25, 0.3) is 0 Å². The maximum absolute atomic E-state index is 12.0. The van der Waals surface area contributed by atoms with Gasteiger partial charge in [-0.2, -0.15) is 0 Å². The van der Waals surface area contributed by atoms with E-state index in [0.29, 0.717) is 31.3 Å². The number of hydrogen-bond acceptors (Lipinski definition) is 7. The molecule has 7 nitrogen and oxygen atoms in total. The van der Waals surface area contributed by atoms with Crippen LogP contribution in [0.1, 0.15) is 46.5 Å². The van der Waals surface area contributed by atoms with Gasteiger partial charge in [-0.1, -0.05) is 20.4 Å². The highest BCUT2D eigenvalue weighted by molar-refractivity contribution is 5.66. The van der Waals surface area contributed by atoms with Crippen LogP contribution in [0.3, 0.4) is 0 Å². The predicted octanol–water partition coefficient (Wildman–Crippen LogP) is 0.738. The van der Waals surface area contributed by atoms with Crippen LogP contribution in [-0.2, 0) is 14.3 Å². The highest BCUT2D eigenvalue weighted by Gasteiger charge is 2.85. The predicted molar refractivity (Wildman–Crippen MR) is 101 cm³/mol. The van der Waals surface area contributed by atoms with E-state index in [1.807, 2.05) is 13.8 Å². The monoisotopic (exact) mass is 408 g/mol. The molecule has 162 valence electrons. The normalized spacial score (nSPS) is 57.2. The van der Waals surface area contributed by atoms with Crippen LogP contribution < -0.4 is 0 Å². The van der Waals surface area contributed by atoms with Crippen LogP contribution >= 0.6 is 0 Å². The molecule has 2 aliphatic heterocycles. The van der Waals surface area contributed by atoms with Crippen molar-refractivity contribution in [1.82, 2.24) is 0 Å². The van der Waals surface area contributed by atoms with E-state index in [1.54, 1.807) is 0 Å². The summed E-state index contributed by atoms with van der Waals surface area (Å²) >= 11 is 0. The second-order valence-electron chi connectivity index (χ2n) is 10.8. The fraction of sp³-hybridized carbons (Fsp3) is 0.864. The third kappa shape index (κ3) is 2.00. The Morgan fingerprint density at radius 3 is 2.59 bits per heavy atom. The summed E-state index contributed by atoms with van der Waals surface area (Å²) in [6, 6.07) is 0. The lowest BCUT2D eigenvalue weighted by Gasteiger charge is -2.75. The molecule has 0 unspecified atom stereocenters. The number of ether oxygens (including phenoxy) is 2. The first-order valence-electron chi connectivity index (χ1n) is 10.7. The van der Waals surface area contributed by atoms with Gasteiger partial charge in [-0.25, -0.2) is 0 Å². The molecule has 4 bridgehead atoms. The maximum atomic E-state index is 12.0. The molecule has 29 heavy (non-hydrogen) atoms. The Morgan fingerprint density at radius 2 is 1.93 bits per heavy atom. The molecule has 10 atom stereocenters. The third-order valence-corrected chi connectivity index (χ3v) is 9.32. The van der Waals surface area contributed by atoms with Gasteiger partial charge in [-0.05, 0) is 42.6 Å². The molecule has 7 heteroatoms. The van der Waals surface area contributed by atoms with Crippen LogP contribution in [0, 0.1) is 34.0 Å². The quantitative estimate of drug-likeness (QED) is 0.373. The topological polar surface area (TPSA) is 116 Å². The second-order valence-corrected chi connectivity index (χ2v) is 10.8. The van der Waals surface area contributed by atoms with Crippen LogP contribution in [0.4, 0.5) is 0 Å². The van der Waals surface area contributed by atoms with Crippen LogP contribution in [0.25, 0.3) is 0 Å². The van der Waals surface area contributed by atoms with E-state index >= 15 is 0 Å². The molecule has 0 aromatic heterocycles. The molecule has 4 aliphatic carbocycles. The number of hydrogen-bond donors (Lipinski definition) is 4. The van der Waals surface area contributed by atoms with Crippen LogP contribution in [0.5, 0.6) is 0 Å². The number of rotatable bonds is 1. The van der Waals surface area contributed by atoms with Crippen molar-refractivity contribution in [3.05, 3.63) is 12.2 Å². The second kappa shape index (κ2) is 5.62. The molecule has 2 saturated heterocycles. The largest absolute Gasteiger partial charge is 0.462 e. The van der Waals surface area contributed by atoms with E-state index in [-0.39, 0.29) is 17.9 Å². The number of aliphatic hydroxyl groups is 4. The molecule has 6 aliphatic rings. The lowest BCUT2D eigenvalue weighted by Crippen LogP contribution is -2.85. The van der Waals surface area contributed by atoms with Crippen molar-refractivity contribution >= 4 is 5.97 Å². The van der Waals surface area contributed by atoms with Crippen LogP contribution in [0.15, 0.2) is 12.2 Å². The average molecular weight is 408 g/mol. The molecule has 0 radical (unpaired) electrons. The zero-order chi connectivity index (χ0) is 21.1. The molecule has 2 spiro atoms. The lowest BCUT2D eigenvalue weighted by atomic mass is 9.35. The van der Waals surface area contributed by atoms with Crippen LogP contribution in [-0.4, -0.2) is 63.2 Å². The summed E-state index contributed by atoms with van der Waals surface area (Å²) in [5.41, 5.74) is -1.98. The highest BCUT2D eigenvalue weighted by Crippen LogP contribution is 2.77. The first-order chi connectivity index (χ1) is 13.4. The Balaban J connectivity index is 1.79. The Hall–Kier alpha value is -0.990. The van der Waals surface area contributed by atoms with E-state index < -0.39 is 58.8 Å². The summed E-state index contributed by atoms with van der Waals surface area (Å²) in [6.45, 7) is 9.56. The molecule has 0 amide bonds. The summed E-state index contributed by atoms with van der Waals surface area (Å²) in [5, 5.41) is 46.1. The minimum Gasteiger partial charge on any atom is -0.462 e. The number of carbonyl (C=O) groups is 1. The lowest BCUT2D eigenvalue weighted by molar-refractivity contribution is -0.473. The van der Waals surface area contributed by atoms with E-state index in [9.17, 15) is 25.2 Å². The smallest absolute Gasteiger partial charge is 0.302 e. The molecule has 0 aromatic rings. The van der Waals surface area contributed by atoms with Gasteiger partial charge in [0.15, 0.2) is 0 Å². The van der Waals surface area contributed by atoms with Gasteiger partial charge in [-0.3, -0.25) is 4.79 Å². The van der Waals surface area contributed by atoms with Crippen molar-refractivity contribution < 1.29 is 34.7 Å². The molecule has 4 N–H and O–H groups in total. The summed E-state index contributed by atoms with van der Waals surface area (Å²) in [4.78, 5) is 12.0. The van der Waals surface area contributed by atoms with E-state index in [4.69, 9.17) is 9.47 Å². The van der Waals surface area contributed by atoms with E-state index in [2.05, 4.69) is 6.58 Å². The van der Waals surface area contributed by atoms with Crippen molar-refractivity contribution in [2.45, 2.75) is 76.7 Å². The summed E-state index contributed by atoms with van der Waals surface area (Å²) < 4.78 is 11.7. The Kier molecular flexibility index (Phi) is 3.87. The van der Waals surface area contributed by atoms with Crippen molar-refractivity contribution in [3.8, 4) is 0 Å². The Bertz CT molecular complexity index is 779. The average Bonchev–Trinajstić information content (AvgIpc) is 2.82. The third-order valence-electron chi connectivity index (χ3n) is 9.32. The van der Waals surface area contributed by atoms with Gasteiger partial charge in [-0.15, -0.1) is 0 Å². The standard InChI is InChI=1S/C22H32O7/c1-10-12-7-13(29-11(2)23)15-20-9-28-22(27,21(15,8-12)17(10)25)18(26)16(20)19(3,4)6-5-14(20)24/h12-18,24-27H,1,5-9H2,2-4H3/t12-,13+,14+,15+,16-,17+,18+,20+,21+,22-/m1/s1. The minimum atomic E-state index is -1.99. The molecule has 6 fully saturated rings. The van der Waals surface area contributed by atoms with Crippen molar-refractivity contribution in [2.75, 3.05) is 6.61 Å². The molecule has 4 saturated carbocycles. The van der Waals surface area contributed by atoms with Gasteiger partial charge in [0, 0.05) is 24.2 Å². The Morgan fingerprint density at radius 1 is 1.24 bits per heavy atom. The number of aliphatic hydroxyl groups excluding tert-OH is 3. The zero-order valence-corrected chi connectivity index (χ0v) is 17.3. The molecular weight excluding hydrogens is 376 g/mol. The highest BCUT2D eigenvalue weighted by atomic mass is 16.6.